The van der Waals surface area contributed by atoms with Crippen LogP contribution in [0.1, 0.15) is 25.5 Å². The lowest BCUT2D eigenvalue weighted by Crippen LogP contribution is -2.36. The Kier molecular flexibility index (Phi) is 4.18. The molecule has 4 N–H and O–H groups in total. The third kappa shape index (κ3) is 2.52. The maximum absolute atomic E-state index is 10.2. The van der Waals surface area contributed by atoms with Crippen molar-refractivity contribution in [2.24, 2.45) is 0 Å². The summed E-state index contributed by atoms with van der Waals surface area (Å²) in [6.07, 6.45) is -2.23. The van der Waals surface area contributed by atoms with Crippen molar-refractivity contribution in [3.8, 4) is 5.75 Å². The predicted octanol–water partition coefficient (Wildman–Crippen LogP) is -0.746. The van der Waals surface area contributed by atoms with Gasteiger partial charge < -0.3 is 30.1 Å². The van der Waals surface area contributed by atoms with Gasteiger partial charge in [0.25, 0.3) is 0 Å². The van der Waals surface area contributed by atoms with Crippen molar-refractivity contribution in [3.05, 3.63) is 12.0 Å². The van der Waals surface area contributed by atoms with E-state index in [-0.39, 0.29) is 25.2 Å². The van der Waals surface area contributed by atoms with E-state index in [1.807, 2.05) is 13.8 Å². The standard InChI is InChI=1S/C14H21N3O5/c1-6(2)17-14-13-9(15-5-16-14)7(4-21-13)12-11(20)10(19)8(3-18)22-12/h5-8,10-12,18-20H,3-4H2,1-2H3,(H,15,16,17)/t7?,8-,10-,11-,12+/m1/s1. The van der Waals surface area contributed by atoms with Crippen LogP contribution in [-0.2, 0) is 4.74 Å². The SMILES string of the molecule is CC(C)Nc1ncnc2c1OCC2[C@@H]1O[C@H](CO)[C@@H](O)[C@H]1O. The van der Waals surface area contributed by atoms with E-state index in [1.54, 1.807) is 0 Å². The molecule has 3 rings (SSSR count). The highest BCUT2D eigenvalue weighted by Gasteiger charge is 2.49. The van der Waals surface area contributed by atoms with Gasteiger partial charge in [-0.15, -0.1) is 0 Å². The monoisotopic (exact) mass is 311 g/mol. The molecule has 8 nitrogen and oxygen atoms in total. The van der Waals surface area contributed by atoms with Gasteiger partial charge >= 0.3 is 0 Å². The van der Waals surface area contributed by atoms with Crippen molar-refractivity contribution >= 4 is 5.82 Å². The fraction of sp³-hybridized carbons (Fsp3) is 0.714. The third-order valence-electron chi connectivity index (χ3n) is 3.99. The fourth-order valence-electron chi connectivity index (χ4n) is 2.93. The van der Waals surface area contributed by atoms with Gasteiger partial charge in [0, 0.05) is 6.04 Å². The van der Waals surface area contributed by atoms with Crippen LogP contribution in [0.4, 0.5) is 5.82 Å². The number of aliphatic hydroxyl groups is 3. The molecule has 0 amide bonds. The first kappa shape index (κ1) is 15.4. The molecule has 1 aromatic heterocycles. The van der Waals surface area contributed by atoms with Crippen molar-refractivity contribution in [1.29, 1.82) is 0 Å². The van der Waals surface area contributed by atoms with Crippen LogP contribution in [0.5, 0.6) is 5.75 Å². The van der Waals surface area contributed by atoms with E-state index < -0.39 is 24.4 Å². The Morgan fingerprint density at radius 1 is 1.32 bits per heavy atom. The minimum atomic E-state index is -1.12. The molecule has 0 bridgehead atoms. The van der Waals surface area contributed by atoms with Crippen LogP contribution < -0.4 is 10.1 Å². The average molecular weight is 311 g/mol. The zero-order valence-corrected chi connectivity index (χ0v) is 12.5. The quantitative estimate of drug-likeness (QED) is 0.574. The molecule has 0 saturated carbocycles. The van der Waals surface area contributed by atoms with Crippen LogP contribution in [0.2, 0.25) is 0 Å². The largest absolute Gasteiger partial charge is 0.487 e. The van der Waals surface area contributed by atoms with Gasteiger partial charge in [-0.1, -0.05) is 0 Å². The number of hydrogen-bond acceptors (Lipinski definition) is 8. The van der Waals surface area contributed by atoms with Gasteiger partial charge in [-0.2, -0.15) is 0 Å². The summed E-state index contributed by atoms with van der Waals surface area (Å²) in [7, 11) is 0. The second kappa shape index (κ2) is 5.96. The Labute approximate surface area is 128 Å². The molecule has 1 saturated heterocycles. The lowest BCUT2D eigenvalue weighted by atomic mass is 9.94. The molecule has 0 spiro atoms. The molecule has 0 aliphatic carbocycles. The first-order valence-electron chi connectivity index (χ1n) is 7.39. The highest BCUT2D eigenvalue weighted by atomic mass is 16.6. The summed E-state index contributed by atoms with van der Waals surface area (Å²) in [5.74, 6) is 0.847. The van der Waals surface area contributed by atoms with Crippen molar-refractivity contribution < 1.29 is 24.8 Å². The third-order valence-corrected chi connectivity index (χ3v) is 3.99. The van der Waals surface area contributed by atoms with Crippen LogP contribution in [0.25, 0.3) is 0 Å². The molecule has 2 aliphatic heterocycles. The molecule has 3 heterocycles. The molecule has 5 atom stereocenters. The number of fused-ring (bicyclic) bond motifs is 1. The summed E-state index contributed by atoms with van der Waals surface area (Å²) in [6, 6.07) is 0.190. The number of nitrogens with one attached hydrogen (secondary N) is 1. The van der Waals surface area contributed by atoms with Gasteiger partial charge in [-0.05, 0) is 13.8 Å². The zero-order valence-electron chi connectivity index (χ0n) is 12.5. The normalized spacial score (nSPS) is 33.8. The van der Waals surface area contributed by atoms with E-state index in [9.17, 15) is 15.3 Å². The molecular weight excluding hydrogens is 290 g/mol. The summed E-state index contributed by atoms with van der Waals surface area (Å²) in [4.78, 5) is 8.43. The van der Waals surface area contributed by atoms with Crippen molar-refractivity contribution in [2.45, 2.75) is 50.2 Å². The summed E-state index contributed by atoms with van der Waals surface area (Å²) < 4.78 is 11.3. The minimum absolute atomic E-state index is 0.190. The molecule has 22 heavy (non-hydrogen) atoms. The van der Waals surface area contributed by atoms with Crippen molar-refractivity contribution in [1.82, 2.24) is 9.97 Å². The van der Waals surface area contributed by atoms with Crippen molar-refractivity contribution in [2.75, 3.05) is 18.5 Å². The Balaban J connectivity index is 1.86. The first-order chi connectivity index (χ1) is 10.5. The molecule has 1 unspecified atom stereocenters. The maximum Gasteiger partial charge on any atom is 0.183 e. The Morgan fingerprint density at radius 3 is 2.73 bits per heavy atom. The number of rotatable bonds is 4. The van der Waals surface area contributed by atoms with Crippen molar-refractivity contribution in [3.63, 3.8) is 0 Å². The highest BCUT2D eigenvalue weighted by molar-refractivity contribution is 5.55. The van der Waals surface area contributed by atoms with Gasteiger partial charge in [0.15, 0.2) is 11.6 Å². The Hall–Kier alpha value is -1.48. The van der Waals surface area contributed by atoms with Gasteiger partial charge in [0.2, 0.25) is 0 Å². The molecular formula is C14H21N3O5. The number of hydrogen-bond donors (Lipinski definition) is 4. The molecule has 0 aromatic carbocycles. The predicted molar refractivity (Wildman–Crippen MR) is 76.8 cm³/mol. The fourth-order valence-corrected chi connectivity index (χ4v) is 2.93. The second-order valence-corrected chi connectivity index (χ2v) is 5.96. The molecule has 122 valence electrons. The molecule has 2 aliphatic rings. The first-order valence-corrected chi connectivity index (χ1v) is 7.39. The number of ether oxygens (including phenoxy) is 2. The van der Waals surface area contributed by atoms with E-state index in [1.165, 1.54) is 6.33 Å². The van der Waals surface area contributed by atoms with Crippen LogP contribution in [0.15, 0.2) is 6.33 Å². The number of aromatic nitrogens is 2. The maximum atomic E-state index is 10.2. The highest BCUT2D eigenvalue weighted by Crippen LogP contribution is 2.42. The van der Waals surface area contributed by atoms with E-state index in [0.29, 0.717) is 17.3 Å². The lowest BCUT2D eigenvalue weighted by Gasteiger charge is -2.20. The zero-order chi connectivity index (χ0) is 15.9. The van der Waals surface area contributed by atoms with E-state index in [0.717, 1.165) is 0 Å². The number of nitrogens with zero attached hydrogens (tertiary/aromatic N) is 2. The molecule has 1 fully saturated rings. The molecule has 0 radical (unpaired) electrons. The summed E-state index contributed by atoms with van der Waals surface area (Å²) in [6.45, 7) is 3.92. The van der Waals surface area contributed by atoms with Crippen LogP contribution in [0, 0.1) is 0 Å². The van der Waals surface area contributed by atoms with Crippen LogP contribution >= 0.6 is 0 Å². The van der Waals surface area contributed by atoms with E-state index >= 15 is 0 Å². The average Bonchev–Trinajstić information content (AvgIpc) is 3.02. The number of aliphatic hydroxyl groups excluding tert-OH is 3. The topological polar surface area (TPSA) is 117 Å². The molecule has 1 aromatic rings. The summed E-state index contributed by atoms with van der Waals surface area (Å²) in [5, 5.41) is 32.4. The minimum Gasteiger partial charge on any atom is -0.487 e. The van der Waals surface area contributed by atoms with Crippen LogP contribution in [-0.4, -0.2) is 69.0 Å². The second-order valence-electron chi connectivity index (χ2n) is 5.96. The summed E-state index contributed by atoms with van der Waals surface area (Å²) >= 11 is 0. The number of anilines is 1. The van der Waals surface area contributed by atoms with Gasteiger partial charge in [0.1, 0.15) is 24.6 Å². The van der Waals surface area contributed by atoms with Gasteiger partial charge in [0.05, 0.1) is 30.9 Å². The van der Waals surface area contributed by atoms with Gasteiger partial charge in [-0.3, -0.25) is 0 Å². The smallest absolute Gasteiger partial charge is 0.183 e. The molecule has 8 heteroatoms. The summed E-state index contributed by atoms with van der Waals surface area (Å²) in [5.41, 5.74) is 0.646. The van der Waals surface area contributed by atoms with E-state index in [2.05, 4.69) is 15.3 Å². The Morgan fingerprint density at radius 2 is 2.09 bits per heavy atom. The van der Waals surface area contributed by atoms with Crippen LogP contribution in [0.3, 0.4) is 0 Å². The van der Waals surface area contributed by atoms with Gasteiger partial charge in [-0.25, -0.2) is 9.97 Å². The van der Waals surface area contributed by atoms with E-state index in [4.69, 9.17) is 9.47 Å². The Bertz CT molecular complexity index is 541. The lowest BCUT2D eigenvalue weighted by molar-refractivity contribution is -0.0325.